The van der Waals surface area contributed by atoms with E-state index in [1.807, 2.05) is 24.5 Å². The van der Waals surface area contributed by atoms with E-state index in [2.05, 4.69) is 15.6 Å². The molecule has 0 saturated carbocycles. The second kappa shape index (κ2) is 12.0. The number of nitrogens with zero attached hydrogens (tertiary/aromatic N) is 1. The van der Waals surface area contributed by atoms with Crippen LogP contribution in [0, 0.1) is 0 Å². The molecule has 0 saturated heterocycles. The minimum atomic E-state index is -0.660. The van der Waals surface area contributed by atoms with Gasteiger partial charge in [-0.25, -0.2) is 4.98 Å². The van der Waals surface area contributed by atoms with E-state index in [-0.39, 0.29) is 30.8 Å². The second-order valence-electron chi connectivity index (χ2n) is 5.46. The normalized spacial score (nSPS) is 11.0. The molecule has 0 fully saturated rings. The third-order valence-corrected chi connectivity index (χ3v) is 4.07. The molecule has 1 atom stereocenters. The molecule has 9 heteroatoms. The van der Waals surface area contributed by atoms with E-state index >= 15 is 0 Å². The Labute approximate surface area is 168 Å². The highest BCUT2D eigenvalue weighted by molar-refractivity contribution is 7.98. The number of thioether (sulfide) groups is 1. The van der Waals surface area contributed by atoms with Crippen molar-refractivity contribution in [3.05, 3.63) is 48.7 Å². The summed E-state index contributed by atoms with van der Waals surface area (Å²) in [5.74, 6) is 1.04. The molecule has 1 aromatic carbocycles. The third-order valence-electron chi connectivity index (χ3n) is 3.43. The molecular formula is C18H23ClN4O3S. The summed E-state index contributed by atoms with van der Waals surface area (Å²) >= 11 is 1.60. The second-order valence-corrected chi connectivity index (χ2v) is 6.45. The zero-order chi connectivity index (χ0) is 18.8. The monoisotopic (exact) mass is 410 g/mol. The summed E-state index contributed by atoms with van der Waals surface area (Å²) in [7, 11) is 0. The first-order chi connectivity index (χ1) is 12.6. The summed E-state index contributed by atoms with van der Waals surface area (Å²) in [6, 6.07) is 11.6. The minimum absolute atomic E-state index is 0. The van der Waals surface area contributed by atoms with Crippen LogP contribution in [0.4, 0.5) is 11.5 Å². The van der Waals surface area contributed by atoms with Crippen molar-refractivity contribution in [2.45, 2.75) is 12.5 Å². The maximum atomic E-state index is 12.5. The van der Waals surface area contributed by atoms with Gasteiger partial charge in [-0.1, -0.05) is 18.2 Å². The quantitative estimate of drug-likeness (QED) is 0.585. The van der Waals surface area contributed by atoms with Crippen LogP contribution < -0.4 is 21.1 Å². The Balaban J connectivity index is 0.00000364. The number of amides is 2. The number of para-hydroxylation sites is 1. The number of anilines is 2. The molecule has 0 spiro atoms. The molecule has 27 heavy (non-hydrogen) atoms. The third kappa shape index (κ3) is 8.19. The summed E-state index contributed by atoms with van der Waals surface area (Å²) in [5, 5.41) is 5.45. The number of carbonyl (C=O) groups excluding carboxylic acids is 2. The summed E-state index contributed by atoms with van der Waals surface area (Å²) in [6.07, 6.45) is 3.92. The van der Waals surface area contributed by atoms with Gasteiger partial charge in [-0.15, -0.1) is 12.4 Å². The van der Waals surface area contributed by atoms with Crippen molar-refractivity contribution in [1.82, 2.24) is 10.3 Å². The summed E-state index contributed by atoms with van der Waals surface area (Å²) in [6.45, 7) is -0.156. The van der Waals surface area contributed by atoms with Gasteiger partial charge in [-0.3, -0.25) is 9.59 Å². The number of ether oxygens (including phenoxy) is 1. The van der Waals surface area contributed by atoms with Crippen LogP contribution in [0.2, 0.25) is 0 Å². The highest BCUT2D eigenvalue weighted by atomic mass is 35.5. The largest absolute Gasteiger partial charge is 0.484 e. The minimum Gasteiger partial charge on any atom is -0.484 e. The number of aromatic nitrogens is 1. The average molecular weight is 411 g/mol. The van der Waals surface area contributed by atoms with Crippen molar-refractivity contribution in [2.75, 3.05) is 29.7 Å². The number of hydrogen-bond donors (Lipinski definition) is 3. The van der Waals surface area contributed by atoms with Crippen molar-refractivity contribution in [3.63, 3.8) is 0 Å². The molecule has 2 aromatic rings. The zero-order valence-electron chi connectivity index (χ0n) is 14.9. The van der Waals surface area contributed by atoms with Crippen LogP contribution in [0.5, 0.6) is 5.75 Å². The van der Waals surface area contributed by atoms with Crippen molar-refractivity contribution < 1.29 is 14.3 Å². The van der Waals surface area contributed by atoms with Crippen LogP contribution in [0.15, 0.2) is 48.7 Å². The standard InChI is InChI=1S/C18H22N4O3S.ClH/c1-26-10-9-15(18(24)21-13-7-8-16(19)20-11-13)22-17(23)12-25-14-5-3-2-4-6-14;/h2-8,11,15H,9-10,12H2,1H3,(H2,19,20)(H,21,24)(H,22,23);1H. The number of nitrogens with two attached hydrogens (primary N) is 1. The fraction of sp³-hybridized carbons (Fsp3) is 0.278. The van der Waals surface area contributed by atoms with Crippen LogP contribution in [0.3, 0.4) is 0 Å². The molecule has 4 N–H and O–H groups in total. The first-order valence-electron chi connectivity index (χ1n) is 8.07. The molecule has 7 nitrogen and oxygen atoms in total. The van der Waals surface area contributed by atoms with Crippen LogP contribution in [-0.4, -0.2) is 41.5 Å². The highest BCUT2D eigenvalue weighted by Crippen LogP contribution is 2.10. The Hall–Kier alpha value is -2.45. The smallest absolute Gasteiger partial charge is 0.258 e. The van der Waals surface area contributed by atoms with Crippen molar-refractivity contribution in [1.29, 1.82) is 0 Å². The van der Waals surface area contributed by atoms with Crippen LogP contribution in [-0.2, 0) is 9.59 Å². The number of halogens is 1. The Kier molecular flexibility index (Phi) is 10.1. The molecule has 2 amide bonds. The number of pyridine rings is 1. The number of benzene rings is 1. The van der Waals surface area contributed by atoms with E-state index in [1.165, 1.54) is 6.20 Å². The Morgan fingerprint density at radius 3 is 2.59 bits per heavy atom. The highest BCUT2D eigenvalue weighted by Gasteiger charge is 2.21. The molecule has 0 bridgehead atoms. The molecule has 1 aromatic heterocycles. The van der Waals surface area contributed by atoms with Gasteiger partial charge in [0, 0.05) is 0 Å². The molecule has 0 aliphatic carbocycles. The molecule has 146 valence electrons. The number of nitrogen functional groups attached to an aromatic ring is 1. The lowest BCUT2D eigenvalue weighted by Crippen LogP contribution is -2.45. The van der Waals surface area contributed by atoms with E-state index in [0.717, 1.165) is 5.75 Å². The lowest BCUT2D eigenvalue weighted by molar-refractivity contribution is -0.127. The first kappa shape index (κ1) is 22.6. The summed E-state index contributed by atoms with van der Waals surface area (Å²) in [4.78, 5) is 28.5. The summed E-state index contributed by atoms with van der Waals surface area (Å²) in [5.41, 5.74) is 6.05. The van der Waals surface area contributed by atoms with E-state index in [1.54, 1.807) is 36.0 Å². The van der Waals surface area contributed by atoms with E-state index in [4.69, 9.17) is 10.5 Å². The molecule has 0 aliphatic rings. The van der Waals surface area contributed by atoms with Gasteiger partial charge < -0.3 is 21.1 Å². The SMILES string of the molecule is CSCCC(NC(=O)COc1ccccc1)C(=O)Nc1ccc(N)nc1.Cl. The van der Waals surface area contributed by atoms with Crippen molar-refractivity contribution >= 4 is 47.5 Å². The van der Waals surface area contributed by atoms with Gasteiger partial charge in [0.1, 0.15) is 17.6 Å². The molecule has 1 heterocycles. The Bertz CT molecular complexity index is 716. The summed E-state index contributed by atoms with van der Waals surface area (Å²) < 4.78 is 5.41. The van der Waals surface area contributed by atoms with Crippen LogP contribution in [0.25, 0.3) is 0 Å². The predicted octanol–water partition coefficient (Wildman–Crippen LogP) is 2.34. The molecule has 0 aliphatic heterocycles. The number of carbonyl (C=O) groups is 2. The number of rotatable bonds is 9. The Morgan fingerprint density at radius 2 is 1.96 bits per heavy atom. The van der Waals surface area contributed by atoms with E-state index < -0.39 is 6.04 Å². The van der Waals surface area contributed by atoms with E-state index in [9.17, 15) is 9.59 Å². The number of nitrogens with one attached hydrogen (secondary N) is 2. The van der Waals surface area contributed by atoms with Crippen molar-refractivity contribution in [3.8, 4) is 5.75 Å². The lowest BCUT2D eigenvalue weighted by atomic mass is 10.2. The van der Waals surface area contributed by atoms with Gasteiger partial charge in [0.2, 0.25) is 5.91 Å². The topological polar surface area (TPSA) is 106 Å². The molecular weight excluding hydrogens is 388 g/mol. The molecule has 0 radical (unpaired) electrons. The van der Waals surface area contributed by atoms with Crippen LogP contribution in [0.1, 0.15) is 6.42 Å². The maximum Gasteiger partial charge on any atom is 0.258 e. The fourth-order valence-electron chi connectivity index (χ4n) is 2.11. The lowest BCUT2D eigenvalue weighted by Gasteiger charge is -2.18. The Morgan fingerprint density at radius 1 is 1.22 bits per heavy atom. The fourth-order valence-corrected chi connectivity index (χ4v) is 2.59. The van der Waals surface area contributed by atoms with Gasteiger partial charge >= 0.3 is 0 Å². The van der Waals surface area contributed by atoms with Crippen molar-refractivity contribution in [2.24, 2.45) is 0 Å². The first-order valence-corrected chi connectivity index (χ1v) is 9.46. The predicted molar refractivity (Wildman–Crippen MR) is 111 cm³/mol. The van der Waals surface area contributed by atoms with E-state index in [0.29, 0.717) is 23.7 Å². The van der Waals surface area contributed by atoms with Gasteiger partial charge in [0.25, 0.3) is 5.91 Å². The zero-order valence-corrected chi connectivity index (χ0v) is 16.5. The van der Waals surface area contributed by atoms with Gasteiger partial charge in [0.05, 0.1) is 11.9 Å². The number of hydrogen-bond acceptors (Lipinski definition) is 6. The average Bonchev–Trinajstić information content (AvgIpc) is 2.66. The molecule has 1 unspecified atom stereocenters. The molecule has 2 rings (SSSR count). The van der Waals surface area contributed by atoms with Gasteiger partial charge in [-0.2, -0.15) is 11.8 Å². The van der Waals surface area contributed by atoms with Crippen LogP contribution >= 0.6 is 24.2 Å². The maximum absolute atomic E-state index is 12.5. The van der Waals surface area contributed by atoms with Gasteiger partial charge in [-0.05, 0) is 42.7 Å². The van der Waals surface area contributed by atoms with Gasteiger partial charge in [0.15, 0.2) is 6.61 Å².